The van der Waals surface area contributed by atoms with Crippen molar-refractivity contribution in [1.29, 1.82) is 0 Å². The fraction of sp³-hybridized carbons (Fsp3) is 0.652. The normalized spacial score (nSPS) is 24.1. The molecule has 0 amide bonds. The van der Waals surface area contributed by atoms with E-state index in [0.717, 1.165) is 45.8 Å². The van der Waals surface area contributed by atoms with Gasteiger partial charge in [-0.3, -0.25) is 9.80 Å². The van der Waals surface area contributed by atoms with E-state index in [1.165, 1.54) is 36.0 Å². The van der Waals surface area contributed by atoms with Gasteiger partial charge in [0.25, 0.3) is 0 Å². The number of likely N-dealkylation sites (tertiary alicyclic amines) is 1. The van der Waals surface area contributed by atoms with Crippen LogP contribution in [-0.4, -0.2) is 54.2 Å². The number of benzene rings is 1. The zero-order chi connectivity index (χ0) is 19.3. The number of rotatable bonds is 6. The average molecular weight is 391 g/mol. The zero-order valence-corrected chi connectivity index (χ0v) is 18.0. The molecule has 3 rings (SSSR count). The minimum absolute atomic E-state index is 0.247. The van der Waals surface area contributed by atoms with Gasteiger partial charge < -0.3 is 4.74 Å². The molecule has 0 spiro atoms. The van der Waals surface area contributed by atoms with Crippen molar-refractivity contribution >= 4 is 11.6 Å². The molecule has 2 atom stereocenters. The molecule has 0 bridgehead atoms. The number of piperidine rings is 1. The number of allylic oxidation sites excluding steroid dienone is 1. The van der Waals surface area contributed by atoms with Crippen molar-refractivity contribution in [3.8, 4) is 0 Å². The van der Waals surface area contributed by atoms with Gasteiger partial charge in [-0.25, -0.2) is 0 Å². The first kappa shape index (κ1) is 20.9. The number of hydrogen-bond acceptors (Lipinski definition) is 3. The Morgan fingerprint density at radius 2 is 1.70 bits per heavy atom. The monoisotopic (exact) mass is 390 g/mol. The van der Waals surface area contributed by atoms with Crippen molar-refractivity contribution in [3.05, 3.63) is 47.0 Å². The summed E-state index contributed by atoms with van der Waals surface area (Å²) >= 11 is 7.40. The Bertz CT molecular complexity index is 617. The predicted octanol–water partition coefficient (Wildman–Crippen LogP) is 5.23. The molecule has 1 aromatic rings. The number of halogens is 1. The summed E-state index contributed by atoms with van der Waals surface area (Å²) in [4.78, 5) is 4.57. The Morgan fingerprint density at radius 1 is 1.07 bits per heavy atom. The van der Waals surface area contributed by atoms with Crippen LogP contribution in [0.2, 0.25) is 0 Å². The molecule has 3 nitrogen and oxygen atoms in total. The highest BCUT2D eigenvalue weighted by Crippen LogP contribution is 2.44. The van der Waals surface area contributed by atoms with Gasteiger partial charge in [0.1, 0.15) is 5.00 Å². The number of morpholine rings is 1. The fourth-order valence-corrected chi connectivity index (χ4v) is 5.02. The molecule has 2 heterocycles. The first-order valence-corrected chi connectivity index (χ1v) is 10.9. The smallest absolute Gasteiger partial charge is 0.117 e. The highest BCUT2D eigenvalue weighted by molar-refractivity contribution is 6.25. The van der Waals surface area contributed by atoms with Gasteiger partial charge in [-0.05, 0) is 57.3 Å². The van der Waals surface area contributed by atoms with Gasteiger partial charge in [0.05, 0.1) is 19.3 Å². The average Bonchev–Trinajstić information content (AvgIpc) is 2.73. The summed E-state index contributed by atoms with van der Waals surface area (Å²) in [6, 6.07) is 11.2. The van der Waals surface area contributed by atoms with Crippen molar-refractivity contribution in [3.63, 3.8) is 0 Å². The lowest BCUT2D eigenvalue weighted by Crippen LogP contribution is -2.52. The lowest BCUT2D eigenvalue weighted by atomic mass is 9.85. The minimum Gasteiger partial charge on any atom is -0.379 e. The van der Waals surface area contributed by atoms with Crippen molar-refractivity contribution < 1.29 is 4.74 Å². The van der Waals surface area contributed by atoms with E-state index in [9.17, 15) is 0 Å². The van der Waals surface area contributed by atoms with Gasteiger partial charge >= 0.3 is 0 Å². The van der Waals surface area contributed by atoms with Gasteiger partial charge in [-0.15, -0.1) is 0 Å². The van der Waals surface area contributed by atoms with Gasteiger partial charge in [0.15, 0.2) is 0 Å². The first-order chi connectivity index (χ1) is 13.1. The second-order valence-corrected chi connectivity index (χ2v) is 8.75. The summed E-state index contributed by atoms with van der Waals surface area (Å²) in [6.07, 6.45) is 4.92. The van der Waals surface area contributed by atoms with Crippen LogP contribution in [0, 0.1) is 0 Å². The third kappa shape index (κ3) is 4.76. The fourth-order valence-electron chi connectivity index (χ4n) is 4.59. The summed E-state index contributed by atoms with van der Waals surface area (Å²) in [5.41, 5.74) is 4.16. The minimum atomic E-state index is -0.498. The largest absolute Gasteiger partial charge is 0.379 e. The van der Waals surface area contributed by atoms with Crippen LogP contribution in [0.4, 0.5) is 0 Å². The molecule has 0 aliphatic carbocycles. The lowest BCUT2D eigenvalue weighted by Gasteiger charge is -2.47. The van der Waals surface area contributed by atoms with Gasteiger partial charge in [-0.2, -0.15) is 0 Å². The summed E-state index contributed by atoms with van der Waals surface area (Å²) in [5, 5.41) is 0. The Labute approximate surface area is 170 Å². The van der Waals surface area contributed by atoms with Crippen LogP contribution in [0.1, 0.15) is 58.1 Å². The van der Waals surface area contributed by atoms with E-state index < -0.39 is 5.00 Å². The van der Waals surface area contributed by atoms with Crippen LogP contribution in [0.3, 0.4) is 0 Å². The van der Waals surface area contributed by atoms with Crippen molar-refractivity contribution in [2.45, 2.75) is 57.5 Å². The second-order valence-electron chi connectivity index (χ2n) is 8.01. The molecule has 2 unspecified atom stereocenters. The molecule has 150 valence electrons. The number of alkyl halides is 1. The van der Waals surface area contributed by atoms with Crippen molar-refractivity contribution in [2.75, 3.05) is 39.4 Å². The standard InChI is InChI=1S/C23H35ClN2O/c1-4-19(2)21(23(3,24)26-15-17-27-18-16-26)22(20-11-7-5-8-12-20)25-13-9-6-10-14-25/h5,7-8,11-12,22H,4,6,9-10,13-18H2,1-3H3. The molecule has 4 heteroatoms. The highest BCUT2D eigenvalue weighted by Gasteiger charge is 2.41. The van der Waals surface area contributed by atoms with Crippen molar-refractivity contribution in [2.24, 2.45) is 0 Å². The molecule has 2 saturated heterocycles. The maximum Gasteiger partial charge on any atom is 0.117 e. The van der Waals surface area contributed by atoms with Gasteiger partial charge in [0, 0.05) is 13.1 Å². The number of hydrogen-bond donors (Lipinski definition) is 0. The molecule has 2 aliphatic rings. The number of nitrogens with zero attached hydrogens (tertiary/aromatic N) is 2. The lowest BCUT2D eigenvalue weighted by molar-refractivity contribution is 0.0132. The van der Waals surface area contributed by atoms with Crippen LogP contribution >= 0.6 is 11.6 Å². The topological polar surface area (TPSA) is 15.7 Å². The SMILES string of the molecule is CCC(C)=C(C(c1ccccc1)N1CCCCC1)C(C)(Cl)N1CCOCC1. The maximum absolute atomic E-state index is 7.40. The third-order valence-electron chi connectivity index (χ3n) is 6.23. The first-order valence-electron chi connectivity index (χ1n) is 10.6. The summed E-state index contributed by atoms with van der Waals surface area (Å²) < 4.78 is 5.60. The van der Waals surface area contributed by atoms with Crippen LogP contribution in [0.5, 0.6) is 0 Å². The van der Waals surface area contributed by atoms with Gasteiger partial charge in [-0.1, -0.05) is 60.9 Å². The molecular weight excluding hydrogens is 356 g/mol. The van der Waals surface area contributed by atoms with E-state index in [-0.39, 0.29) is 6.04 Å². The molecule has 1 aromatic carbocycles. The predicted molar refractivity (Wildman–Crippen MR) is 114 cm³/mol. The molecular formula is C23H35ClN2O. The third-order valence-corrected chi connectivity index (χ3v) is 6.67. The molecule has 0 radical (unpaired) electrons. The molecule has 2 aliphatic heterocycles. The van der Waals surface area contributed by atoms with Crippen LogP contribution in [0.15, 0.2) is 41.5 Å². The summed E-state index contributed by atoms with van der Waals surface area (Å²) in [6.45, 7) is 12.3. The van der Waals surface area contributed by atoms with E-state index in [1.54, 1.807) is 0 Å². The maximum atomic E-state index is 7.40. The van der Waals surface area contributed by atoms with E-state index in [0.29, 0.717) is 0 Å². The second kappa shape index (κ2) is 9.56. The molecule has 0 aromatic heterocycles. The Morgan fingerprint density at radius 3 is 2.30 bits per heavy atom. The molecule has 0 N–H and O–H groups in total. The van der Waals surface area contributed by atoms with Crippen LogP contribution in [-0.2, 0) is 4.74 Å². The molecule has 27 heavy (non-hydrogen) atoms. The summed E-state index contributed by atoms with van der Waals surface area (Å²) in [5.74, 6) is 0. The van der Waals surface area contributed by atoms with E-state index in [2.05, 4.69) is 60.9 Å². The van der Waals surface area contributed by atoms with Gasteiger partial charge in [0.2, 0.25) is 0 Å². The summed E-state index contributed by atoms with van der Waals surface area (Å²) in [7, 11) is 0. The molecule has 0 saturated carbocycles. The number of ether oxygens (including phenoxy) is 1. The van der Waals surface area contributed by atoms with E-state index in [1.807, 2.05) is 0 Å². The highest BCUT2D eigenvalue weighted by atomic mass is 35.5. The Hall–Kier alpha value is -0.870. The van der Waals surface area contributed by atoms with E-state index in [4.69, 9.17) is 16.3 Å². The quantitative estimate of drug-likeness (QED) is 0.376. The zero-order valence-electron chi connectivity index (χ0n) is 17.2. The van der Waals surface area contributed by atoms with Crippen LogP contribution in [0.25, 0.3) is 0 Å². The molecule has 2 fully saturated rings. The van der Waals surface area contributed by atoms with E-state index >= 15 is 0 Å². The van der Waals surface area contributed by atoms with Crippen molar-refractivity contribution in [1.82, 2.24) is 9.80 Å². The Kier molecular flexibility index (Phi) is 7.38. The Balaban J connectivity index is 2.05. The van der Waals surface area contributed by atoms with Crippen LogP contribution < -0.4 is 0 Å².